The second kappa shape index (κ2) is 9.96. The Morgan fingerprint density at radius 1 is 1.03 bits per heavy atom. The normalized spacial score (nSPS) is 14.6. The number of methoxy groups -OCH3 is 2. The molecule has 2 aromatic carbocycles. The van der Waals surface area contributed by atoms with Crippen LogP contribution in [-0.2, 0) is 9.59 Å². The van der Waals surface area contributed by atoms with Gasteiger partial charge < -0.3 is 19.7 Å². The van der Waals surface area contributed by atoms with Crippen molar-refractivity contribution in [2.45, 2.75) is 19.8 Å². The van der Waals surface area contributed by atoms with E-state index in [-0.39, 0.29) is 17.7 Å². The molecular formula is C24H28N2O4. The maximum Gasteiger partial charge on any atom is 0.246 e. The Morgan fingerprint density at radius 2 is 1.67 bits per heavy atom. The van der Waals surface area contributed by atoms with Gasteiger partial charge in [0.25, 0.3) is 0 Å². The number of likely N-dealkylation sites (tertiary alicyclic amines) is 1. The number of piperidine rings is 1. The maximum absolute atomic E-state index is 12.8. The average molecular weight is 408 g/mol. The Labute approximate surface area is 177 Å². The summed E-state index contributed by atoms with van der Waals surface area (Å²) in [6.07, 6.45) is 4.70. The number of carbonyl (C=O) groups is 2. The van der Waals surface area contributed by atoms with Gasteiger partial charge in [0.2, 0.25) is 11.8 Å². The van der Waals surface area contributed by atoms with Crippen molar-refractivity contribution in [2.24, 2.45) is 5.92 Å². The lowest BCUT2D eigenvalue weighted by atomic mass is 9.95. The molecule has 0 bridgehead atoms. The number of amides is 2. The number of hydrogen-bond donors (Lipinski definition) is 1. The first kappa shape index (κ1) is 21.4. The minimum Gasteiger partial charge on any atom is -0.493 e. The van der Waals surface area contributed by atoms with Crippen molar-refractivity contribution in [1.29, 1.82) is 0 Å². The Morgan fingerprint density at radius 3 is 2.30 bits per heavy atom. The molecule has 0 unspecified atom stereocenters. The van der Waals surface area contributed by atoms with Crippen LogP contribution in [0.4, 0.5) is 5.69 Å². The fraction of sp³-hybridized carbons (Fsp3) is 0.333. The number of nitrogens with one attached hydrogen (secondary N) is 1. The Hall–Kier alpha value is -3.28. The van der Waals surface area contributed by atoms with E-state index in [1.54, 1.807) is 31.3 Å². The minimum absolute atomic E-state index is 0.0200. The summed E-state index contributed by atoms with van der Waals surface area (Å²) >= 11 is 0. The molecule has 6 nitrogen and oxygen atoms in total. The van der Waals surface area contributed by atoms with Gasteiger partial charge in [-0.1, -0.05) is 30.3 Å². The molecule has 1 aliphatic rings. The van der Waals surface area contributed by atoms with Crippen LogP contribution >= 0.6 is 0 Å². The molecule has 6 heteroatoms. The third-order valence-electron chi connectivity index (χ3n) is 5.38. The number of rotatable bonds is 6. The molecule has 158 valence electrons. The lowest BCUT2D eigenvalue weighted by Crippen LogP contribution is -2.40. The molecule has 0 aliphatic carbocycles. The third kappa shape index (κ3) is 5.20. The van der Waals surface area contributed by atoms with Crippen LogP contribution in [0.25, 0.3) is 6.08 Å². The number of hydrogen-bond acceptors (Lipinski definition) is 4. The summed E-state index contributed by atoms with van der Waals surface area (Å²) in [4.78, 5) is 27.0. The lowest BCUT2D eigenvalue weighted by molar-refractivity contribution is -0.130. The minimum atomic E-state index is -0.125. The van der Waals surface area contributed by atoms with Crippen LogP contribution in [0, 0.1) is 12.8 Å². The molecule has 2 amide bonds. The zero-order valence-corrected chi connectivity index (χ0v) is 17.7. The Kier molecular flexibility index (Phi) is 7.12. The molecule has 30 heavy (non-hydrogen) atoms. The van der Waals surface area contributed by atoms with Crippen LogP contribution in [0.5, 0.6) is 11.5 Å². The van der Waals surface area contributed by atoms with Crippen LogP contribution < -0.4 is 14.8 Å². The van der Waals surface area contributed by atoms with Crippen LogP contribution in [0.3, 0.4) is 0 Å². The molecule has 1 saturated heterocycles. The van der Waals surface area contributed by atoms with Crippen molar-refractivity contribution in [2.75, 3.05) is 32.6 Å². The van der Waals surface area contributed by atoms with Gasteiger partial charge in [-0.3, -0.25) is 9.59 Å². The van der Waals surface area contributed by atoms with Crippen molar-refractivity contribution in [3.63, 3.8) is 0 Å². The summed E-state index contributed by atoms with van der Waals surface area (Å²) in [6.45, 7) is 3.06. The summed E-state index contributed by atoms with van der Waals surface area (Å²) < 4.78 is 10.6. The fourth-order valence-corrected chi connectivity index (χ4v) is 3.55. The van der Waals surface area contributed by atoms with Gasteiger partial charge in [-0.2, -0.15) is 0 Å². The molecule has 0 radical (unpaired) electrons. The summed E-state index contributed by atoms with van der Waals surface area (Å²) in [7, 11) is 3.15. The molecule has 0 spiro atoms. The van der Waals surface area contributed by atoms with Gasteiger partial charge in [-0.05, 0) is 43.0 Å². The fourth-order valence-electron chi connectivity index (χ4n) is 3.55. The molecule has 0 saturated carbocycles. The van der Waals surface area contributed by atoms with Gasteiger partial charge in [0, 0.05) is 36.8 Å². The highest BCUT2D eigenvalue weighted by Crippen LogP contribution is 2.33. The zero-order valence-electron chi connectivity index (χ0n) is 17.7. The second-order valence-corrected chi connectivity index (χ2v) is 7.35. The average Bonchev–Trinajstić information content (AvgIpc) is 2.79. The highest BCUT2D eigenvalue weighted by atomic mass is 16.5. The lowest BCUT2D eigenvalue weighted by Gasteiger charge is -2.30. The van der Waals surface area contributed by atoms with Crippen LogP contribution in [0.1, 0.15) is 24.0 Å². The first-order valence-corrected chi connectivity index (χ1v) is 10.1. The second-order valence-electron chi connectivity index (χ2n) is 7.35. The largest absolute Gasteiger partial charge is 0.493 e. The predicted octanol–water partition coefficient (Wildman–Crippen LogP) is 3.90. The summed E-state index contributed by atoms with van der Waals surface area (Å²) in [5.74, 6) is 1.03. The Balaban J connectivity index is 1.55. The van der Waals surface area contributed by atoms with E-state index in [1.165, 1.54) is 0 Å². The Bertz CT molecular complexity index is 916. The van der Waals surface area contributed by atoms with E-state index in [0.717, 1.165) is 11.1 Å². The smallest absolute Gasteiger partial charge is 0.246 e. The van der Waals surface area contributed by atoms with E-state index in [4.69, 9.17) is 9.47 Å². The topological polar surface area (TPSA) is 67.9 Å². The molecule has 1 aliphatic heterocycles. The number of anilines is 1. The van der Waals surface area contributed by atoms with Crippen LogP contribution in [-0.4, -0.2) is 44.0 Å². The molecule has 3 rings (SSSR count). The van der Waals surface area contributed by atoms with E-state index in [0.29, 0.717) is 43.1 Å². The van der Waals surface area contributed by atoms with E-state index >= 15 is 0 Å². The molecule has 1 N–H and O–H groups in total. The standard InChI is InChI=1S/C24H28N2O4/c1-17-15-21(29-2)22(30-3)16-20(17)25-24(28)19-11-13-26(14-12-19)23(27)10-9-18-7-5-4-6-8-18/h4-10,15-16,19H,11-14H2,1-3H3,(H,25,28)/b10-9+. The zero-order chi connectivity index (χ0) is 21.5. The van der Waals surface area contributed by atoms with Crippen molar-refractivity contribution >= 4 is 23.6 Å². The van der Waals surface area contributed by atoms with Gasteiger partial charge in [0.05, 0.1) is 14.2 Å². The summed E-state index contributed by atoms with van der Waals surface area (Å²) in [6, 6.07) is 13.3. The van der Waals surface area contributed by atoms with E-state index in [1.807, 2.05) is 49.4 Å². The number of aryl methyl sites for hydroxylation is 1. The maximum atomic E-state index is 12.8. The quantitative estimate of drug-likeness (QED) is 0.736. The molecule has 0 aromatic heterocycles. The van der Waals surface area contributed by atoms with Gasteiger partial charge in [0.15, 0.2) is 11.5 Å². The third-order valence-corrected chi connectivity index (χ3v) is 5.38. The van der Waals surface area contributed by atoms with Crippen molar-refractivity contribution in [3.05, 3.63) is 59.7 Å². The van der Waals surface area contributed by atoms with Crippen LogP contribution in [0.15, 0.2) is 48.5 Å². The van der Waals surface area contributed by atoms with E-state index in [2.05, 4.69) is 5.32 Å². The highest BCUT2D eigenvalue weighted by Gasteiger charge is 2.27. The van der Waals surface area contributed by atoms with Crippen molar-refractivity contribution < 1.29 is 19.1 Å². The number of carbonyl (C=O) groups excluding carboxylic acids is 2. The van der Waals surface area contributed by atoms with E-state index < -0.39 is 0 Å². The van der Waals surface area contributed by atoms with Gasteiger partial charge in [0.1, 0.15) is 0 Å². The van der Waals surface area contributed by atoms with Gasteiger partial charge >= 0.3 is 0 Å². The first-order valence-electron chi connectivity index (χ1n) is 10.1. The molecule has 1 fully saturated rings. The number of nitrogens with zero attached hydrogens (tertiary/aromatic N) is 1. The summed E-state index contributed by atoms with van der Waals surface area (Å²) in [5.41, 5.74) is 2.60. The predicted molar refractivity (Wildman–Crippen MR) is 118 cm³/mol. The molecule has 0 atom stereocenters. The highest BCUT2D eigenvalue weighted by molar-refractivity contribution is 5.94. The molecular weight excluding hydrogens is 380 g/mol. The van der Waals surface area contributed by atoms with Gasteiger partial charge in [-0.15, -0.1) is 0 Å². The van der Waals surface area contributed by atoms with E-state index in [9.17, 15) is 9.59 Å². The first-order chi connectivity index (χ1) is 14.5. The molecule has 1 heterocycles. The van der Waals surface area contributed by atoms with Crippen molar-refractivity contribution in [1.82, 2.24) is 4.90 Å². The molecule has 2 aromatic rings. The van der Waals surface area contributed by atoms with Crippen molar-refractivity contribution in [3.8, 4) is 11.5 Å². The summed E-state index contributed by atoms with van der Waals surface area (Å²) in [5, 5.41) is 3.00. The monoisotopic (exact) mass is 408 g/mol. The van der Waals surface area contributed by atoms with Gasteiger partial charge in [-0.25, -0.2) is 0 Å². The number of ether oxygens (including phenoxy) is 2. The SMILES string of the molecule is COc1cc(C)c(NC(=O)C2CCN(C(=O)/C=C/c3ccccc3)CC2)cc1OC. The van der Waals surface area contributed by atoms with Crippen LogP contribution in [0.2, 0.25) is 0 Å². The number of benzene rings is 2.